The predicted octanol–water partition coefficient (Wildman–Crippen LogP) is 4.35. The van der Waals surface area contributed by atoms with Crippen LogP contribution < -0.4 is 10.2 Å². The fourth-order valence-electron chi connectivity index (χ4n) is 1.69. The van der Waals surface area contributed by atoms with E-state index in [0.717, 1.165) is 14.9 Å². The second-order valence-corrected chi connectivity index (χ2v) is 6.82. The molecule has 7 heteroatoms. The van der Waals surface area contributed by atoms with Crippen LogP contribution in [-0.4, -0.2) is 25.0 Å². The van der Waals surface area contributed by atoms with Gasteiger partial charge in [0.05, 0.1) is 19.1 Å². The number of halogens is 2. The maximum absolute atomic E-state index is 11.8. The van der Waals surface area contributed by atoms with Gasteiger partial charge in [-0.05, 0) is 42.5 Å². The Morgan fingerprint density at radius 2 is 2.09 bits per heavy atom. The number of thioether (sulfide) groups is 1. The normalized spacial score (nSPS) is 10.7. The van der Waals surface area contributed by atoms with Gasteiger partial charge in [0.15, 0.2) is 0 Å². The maximum atomic E-state index is 11.8. The fourth-order valence-corrected chi connectivity index (χ4v) is 2.89. The van der Waals surface area contributed by atoms with Crippen molar-refractivity contribution in [2.45, 2.75) is 4.90 Å². The Hall–Kier alpha value is -1.50. The quantitative estimate of drug-likeness (QED) is 0.435. The standard InChI is InChI=1S/C16H14BrClN2O2S/c1-22-15-7-2-12(17)8-11(15)9-19-20-16(21)10-23-14-5-3-13(18)4-6-14/h2-9H,10H2,1H3,(H,20,21)/b19-9+. The van der Waals surface area contributed by atoms with Crippen molar-refractivity contribution in [2.75, 3.05) is 12.9 Å². The Kier molecular flexibility index (Phi) is 6.95. The number of carbonyl (C=O) groups excluding carboxylic acids is 1. The highest BCUT2D eigenvalue weighted by Gasteiger charge is 2.03. The third-order valence-corrected chi connectivity index (χ3v) is 4.53. The summed E-state index contributed by atoms with van der Waals surface area (Å²) in [6, 6.07) is 12.9. The van der Waals surface area contributed by atoms with Gasteiger partial charge in [-0.3, -0.25) is 4.79 Å². The molecule has 0 spiro atoms. The molecule has 0 saturated heterocycles. The van der Waals surface area contributed by atoms with Crippen molar-refractivity contribution < 1.29 is 9.53 Å². The first-order valence-corrected chi connectivity index (χ1v) is 8.78. The molecule has 0 fully saturated rings. The Bertz CT molecular complexity index is 708. The van der Waals surface area contributed by atoms with Crippen LogP contribution in [0.25, 0.3) is 0 Å². The number of rotatable bonds is 6. The number of methoxy groups -OCH3 is 1. The van der Waals surface area contributed by atoms with E-state index >= 15 is 0 Å². The number of benzene rings is 2. The maximum Gasteiger partial charge on any atom is 0.250 e. The molecule has 4 nitrogen and oxygen atoms in total. The number of hydrogen-bond acceptors (Lipinski definition) is 4. The number of nitrogens with one attached hydrogen (secondary N) is 1. The lowest BCUT2D eigenvalue weighted by atomic mass is 10.2. The largest absolute Gasteiger partial charge is 0.496 e. The minimum absolute atomic E-state index is 0.185. The van der Waals surface area contributed by atoms with E-state index in [4.69, 9.17) is 16.3 Å². The van der Waals surface area contributed by atoms with E-state index in [1.807, 2.05) is 30.3 Å². The highest BCUT2D eigenvalue weighted by Crippen LogP contribution is 2.21. The summed E-state index contributed by atoms with van der Waals surface area (Å²) < 4.78 is 6.14. The van der Waals surface area contributed by atoms with Crippen LogP contribution in [0.1, 0.15) is 5.56 Å². The monoisotopic (exact) mass is 412 g/mol. The third kappa shape index (κ3) is 5.89. The van der Waals surface area contributed by atoms with Gasteiger partial charge in [0.25, 0.3) is 0 Å². The zero-order valence-electron chi connectivity index (χ0n) is 12.3. The molecule has 1 N–H and O–H groups in total. The van der Waals surface area contributed by atoms with Gasteiger partial charge in [0.2, 0.25) is 5.91 Å². The van der Waals surface area contributed by atoms with Crippen LogP contribution in [0.4, 0.5) is 0 Å². The predicted molar refractivity (Wildman–Crippen MR) is 98.6 cm³/mol. The van der Waals surface area contributed by atoms with E-state index in [0.29, 0.717) is 10.8 Å². The topological polar surface area (TPSA) is 50.7 Å². The number of hydrogen-bond donors (Lipinski definition) is 1. The van der Waals surface area contributed by atoms with Crippen molar-refractivity contribution in [3.05, 3.63) is 57.5 Å². The summed E-state index contributed by atoms with van der Waals surface area (Å²) in [5, 5.41) is 4.63. The first-order chi connectivity index (χ1) is 11.1. The van der Waals surface area contributed by atoms with E-state index < -0.39 is 0 Å². The lowest BCUT2D eigenvalue weighted by Crippen LogP contribution is -2.19. The lowest BCUT2D eigenvalue weighted by molar-refractivity contribution is -0.118. The molecule has 0 aliphatic carbocycles. The summed E-state index contributed by atoms with van der Waals surface area (Å²) >= 11 is 10.6. The van der Waals surface area contributed by atoms with E-state index in [-0.39, 0.29) is 11.7 Å². The molecule has 1 amide bonds. The van der Waals surface area contributed by atoms with Gasteiger partial charge >= 0.3 is 0 Å². The molecule has 120 valence electrons. The SMILES string of the molecule is COc1ccc(Br)cc1/C=N/NC(=O)CSc1ccc(Cl)cc1. The van der Waals surface area contributed by atoms with Crippen molar-refractivity contribution in [1.29, 1.82) is 0 Å². The molecule has 2 rings (SSSR count). The summed E-state index contributed by atoms with van der Waals surface area (Å²) in [5.41, 5.74) is 3.27. The van der Waals surface area contributed by atoms with Crippen LogP contribution in [0, 0.1) is 0 Å². The second kappa shape index (κ2) is 8.96. The molecule has 23 heavy (non-hydrogen) atoms. The second-order valence-electron chi connectivity index (χ2n) is 4.42. The van der Waals surface area contributed by atoms with E-state index in [2.05, 4.69) is 26.5 Å². The van der Waals surface area contributed by atoms with Gasteiger partial charge in [-0.25, -0.2) is 5.43 Å². The smallest absolute Gasteiger partial charge is 0.250 e. The number of amides is 1. The van der Waals surface area contributed by atoms with Gasteiger partial charge in [0, 0.05) is 20.0 Å². The fraction of sp³-hybridized carbons (Fsp3) is 0.125. The summed E-state index contributed by atoms with van der Waals surface area (Å²) in [6.45, 7) is 0. The molecule has 2 aromatic carbocycles. The molecular formula is C16H14BrClN2O2S. The van der Waals surface area contributed by atoms with Crippen molar-refractivity contribution >= 4 is 51.4 Å². The summed E-state index contributed by atoms with van der Waals surface area (Å²) in [4.78, 5) is 12.8. The number of carbonyl (C=O) groups is 1. The first-order valence-electron chi connectivity index (χ1n) is 6.62. The Morgan fingerprint density at radius 3 is 2.78 bits per heavy atom. The molecular weight excluding hydrogens is 400 g/mol. The molecule has 0 radical (unpaired) electrons. The van der Waals surface area contributed by atoms with Crippen molar-refractivity contribution in [2.24, 2.45) is 5.10 Å². The van der Waals surface area contributed by atoms with Crippen LogP contribution >= 0.6 is 39.3 Å². The molecule has 0 unspecified atom stereocenters. The molecule has 0 aromatic heterocycles. The van der Waals surface area contributed by atoms with E-state index in [1.165, 1.54) is 11.8 Å². The first kappa shape index (κ1) is 17.8. The molecule has 0 aliphatic heterocycles. The molecule has 0 saturated carbocycles. The van der Waals surface area contributed by atoms with Crippen molar-refractivity contribution in [3.8, 4) is 5.75 Å². The molecule has 0 atom stereocenters. The molecule has 0 aliphatic rings. The third-order valence-electron chi connectivity index (χ3n) is 2.77. The minimum atomic E-state index is -0.185. The average Bonchev–Trinajstić information content (AvgIpc) is 2.54. The Labute approximate surface area is 152 Å². The van der Waals surface area contributed by atoms with Crippen LogP contribution in [-0.2, 0) is 4.79 Å². The Balaban J connectivity index is 1.86. The van der Waals surface area contributed by atoms with Crippen molar-refractivity contribution in [1.82, 2.24) is 5.43 Å². The molecule has 0 bridgehead atoms. The van der Waals surface area contributed by atoms with Gasteiger partial charge in [-0.2, -0.15) is 5.10 Å². The van der Waals surface area contributed by atoms with Crippen molar-refractivity contribution in [3.63, 3.8) is 0 Å². The van der Waals surface area contributed by atoms with Gasteiger partial charge < -0.3 is 4.74 Å². The summed E-state index contributed by atoms with van der Waals surface area (Å²) in [5.74, 6) is 0.770. The van der Waals surface area contributed by atoms with Gasteiger partial charge in [-0.1, -0.05) is 27.5 Å². The summed E-state index contributed by atoms with van der Waals surface area (Å²) in [6.07, 6.45) is 1.55. The zero-order chi connectivity index (χ0) is 16.7. The highest BCUT2D eigenvalue weighted by molar-refractivity contribution is 9.10. The zero-order valence-corrected chi connectivity index (χ0v) is 15.4. The number of hydrazone groups is 1. The van der Waals surface area contributed by atoms with Crippen LogP contribution in [0.15, 0.2) is 56.9 Å². The minimum Gasteiger partial charge on any atom is -0.496 e. The molecule has 0 heterocycles. The Morgan fingerprint density at radius 1 is 1.35 bits per heavy atom. The van der Waals surface area contributed by atoms with Crippen LogP contribution in [0.3, 0.4) is 0 Å². The van der Waals surface area contributed by atoms with E-state index in [1.54, 1.807) is 25.5 Å². The average molecular weight is 414 g/mol. The highest BCUT2D eigenvalue weighted by atomic mass is 79.9. The van der Waals surface area contributed by atoms with Gasteiger partial charge in [-0.15, -0.1) is 11.8 Å². The molecule has 2 aromatic rings. The van der Waals surface area contributed by atoms with Crippen LogP contribution in [0.2, 0.25) is 5.02 Å². The van der Waals surface area contributed by atoms with Crippen LogP contribution in [0.5, 0.6) is 5.75 Å². The van der Waals surface area contributed by atoms with Gasteiger partial charge in [0.1, 0.15) is 5.75 Å². The summed E-state index contributed by atoms with van der Waals surface area (Å²) in [7, 11) is 1.59. The lowest BCUT2D eigenvalue weighted by Gasteiger charge is -2.04. The number of ether oxygens (including phenoxy) is 1. The number of nitrogens with zero attached hydrogens (tertiary/aromatic N) is 1. The van der Waals surface area contributed by atoms with E-state index in [9.17, 15) is 4.79 Å².